The molecule has 0 saturated carbocycles. The zero-order chi connectivity index (χ0) is 21.8. The van der Waals surface area contributed by atoms with E-state index in [2.05, 4.69) is 20.6 Å². The molecule has 1 heterocycles. The van der Waals surface area contributed by atoms with Gasteiger partial charge in [-0.3, -0.25) is 0 Å². The fourth-order valence-electron chi connectivity index (χ4n) is 2.66. The molecule has 30 heavy (non-hydrogen) atoms. The highest BCUT2D eigenvalue weighted by molar-refractivity contribution is 5.79. The smallest absolute Gasteiger partial charge is 0.387 e. The quantitative estimate of drug-likeness (QED) is 0.424. The standard InChI is InChI=1S/C21H28F2N4O3/c1-4-24-21(26-13-15-10-11-25-18(12-15)29-6-3)27-14-16-8-7-9-17(28-5-2)19(16)30-20(22)23/h7-12,20H,4-6,13-14H2,1-3H3,(H2,24,26,27). The first-order valence-corrected chi connectivity index (χ1v) is 9.86. The van der Waals surface area contributed by atoms with Crippen molar-refractivity contribution in [3.05, 3.63) is 47.7 Å². The molecule has 0 atom stereocenters. The Labute approximate surface area is 175 Å². The Morgan fingerprint density at radius 1 is 1.10 bits per heavy atom. The van der Waals surface area contributed by atoms with E-state index in [9.17, 15) is 8.78 Å². The number of alkyl halides is 2. The van der Waals surface area contributed by atoms with Crippen LogP contribution in [0.15, 0.2) is 41.5 Å². The van der Waals surface area contributed by atoms with Gasteiger partial charge in [0.1, 0.15) is 0 Å². The third-order valence-corrected chi connectivity index (χ3v) is 3.87. The maximum atomic E-state index is 12.9. The first kappa shape index (κ1) is 23.2. The first-order valence-electron chi connectivity index (χ1n) is 9.86. The van der Waals surface area contributed by atoms with Crippen molar-refractivity contribution >= 4 is 5.96 Å². The fraction of sp³-hybridized carbons (Fsp3) is 0.429. The van der Waals surface area contributed by atoms with Crippen LogP contribution in [0.3, 0.4) is 0 Å². The summed E-state index contributed by atoms with van der Waals surface area (Å²) in [6.45, 7) is 4.83. The highest BCUT2D eigenvalue weighted by atomic mass is 19.3. The van der Waals surface area contributed by atoms with E-state index in [0.29, 0.717) is 43.7 Å². The Bertz CT molecular complexity index is 819. The molecule has 164 valence electrons. The van der Waals surface area contributed by atoms with Gasteiger partial charge in [-0.2, -0.15) is 8.78 Å². The van der Waals surface area contributed by atoms with Crippen LogP contribution in [0.1, 0.15) is 31.9 Å². The minimum Gasteiger partial charge on any atom is -0.490 e. The van der Waals surface area contributed by atoms with Crippen LogP contribution < -0.4 is 24.8 Å². The molecule has 2 rings (SSSR count). The summed E-state index contributed by atoms with van der Waals surface area (Å²) >= 11 is 0. The lowest BCUT2D eigenvalue weighted by molar-refractivity contribution is -0.0520. The summed E-state index contributed by atoms with van der Waals surface area (Å²) in [7, 11) is 0. The van der Waals surface area contributed by atoms with Gasteiger partial charge in [0.05, 0.1) is 19.8 Å². The highest BCUT2D eigenvalue weighted by Gasteiger charge is 2.16. The predicted octanol–water partition coefficient (Wildman–Crippen LogP) is 3.74. The van der Waals surface area contributed by atoms with Crippen LogP contribution in [0.4, 0.5) is 8.78 Å². The monoisotopic (exact) mass is 422 g/mol. The van der Waals surface area contributed by atoms with Crippen LogP contribution in [-0.4, -0.2) is 37.3 Å². The maximum absolute atomic E-state index is 12.9. The number of hydrogen-bond donors (Lipinski definition) is 2. The summed E-state index contributed by atoms with van der Waals surface area (Å²) in [4.78, 5) is 8.68. The molecule has 0 bridgehead atoms. The number of guanidine groups is 1. The number of rotatable bonds is 11. The van der Waals surface area contributed by atoms with Gasteiger partial charge in [0.25, 0.3) is 0 Å². The zero-order valence-electron chi connectivity index (χ0n) is 17.5. The highest BCUT2D eigenvalue weighted by Crippen LogP contribution is 2.32. The van der Waals surface area contributed by atoms with E-state index in [-0.39, 0.29) is 18.0 Å². The Morgan fingerprint density at radius 2 is 1.90 bits per heavy atom. The van der Waals surface area contributed by atoms with Crippen LogP contribution in [0.2, 0.25) is 0 Å². The number of aliphatic imine (C=N–C) groups is 1. The molecule has 2 N–H and O–H groups in total. The van der Waals surface area contributed by atoms with Crippen LogP contribution >= 0.6 is 0 Å². The predicted molar refractivity (Wildman–Crippen MR) is 111 cm³/mol. The lowest BCUT2D eigenvalue weighted by Gasteiger charge is -2.17. The van der Waals surface area contributed by atoms with Crippen molar-refractivity contribution in [1.82, 2.24) is 15.6 Å². The first-order chi connectivity index (χ1) is 14.6. The third-order valence-electron chi connectivity index (χ3n) is 3.87. The van der Waals surface area contributed by atoms with Gasteiger partial charge in [-0.25, -0.2) is 9.98 Å². The number of pyridine rings is 1. The molecule has 2 aromatic rings. The van der Waals surface area contributed by atoms with Gasteiger partial charge in [0.2, 0.25) is 5.88 Å². The van der Waals surface area contributed by atoms with Gasteiger partial charge >= 0.3 is 6.61 Å². The van der Waals surface area contributed by atoms with Gasteiger partial charge in [0, 0.05) is 30.9 Å². The molecule has 0 fully saturated rings. The Balaban J connectivity index is 2.13. The van der Waals surface area contributed by atoms with Crippen LogP contribution in [-0.2, 0) is 13.1 Å². The number of para-hydroxylation sites is 1. The summed E-state index contributed by atoms with van der Waals surface area (Å²) in [5.74, 6) is 1.38. The zero-order valence-corrected chi connectivity index (χ0v) is 17.5. The SMILES string of the molecule is CCNC(=NCc1ccnc(OCC)c1)NCc1cccc(OCC)c1OC(F)F. The molecule has 9 heteroatoms. The van der Waals surface area contributed by atoms with Crippen LogP contribution in [0.5, 0.6) is 17.4 Å². The molecule has 0 amide bonds. The summed E-state index contributed by atoms with van der Waals surface area (Å²) in [6.07, 6.45) is 1.67. The topological polar surface area (TPSA) is 77.0 Å². The van der Waals surface area contributed by atoms with E-state index >= 15 is 0 Å². The second kappa shape index (κ2) is 12.5. The summed E-state index contributed by atoms with van der Waals surface area (Å²) in [5.41, 5.74) is 1.47. The second-order valence-electron chi connectivity index (χ2n) is 6.04. The van der Waals surface area contributed by atoms with Crippen molar-refractivity contribution in [2.45, 2.75) is 40.5 Å². The second-order valence-corrected chi connectivity index (χ2v) is 6.04. The van der Waals surface area contributed by atoms with E-state index in [1.807, 2.05) is 26.0 Å². The third kappa shape index (κ3) is 7.38. The summed E-state index contributed by atoms with van der Waals surface area (Å²) in [5, 5.41) is 6.28. The summed E-state index contributed by atoms with van der Waals surface area (Å²) < 4.78 is 41.3. The van der Waals surface area contributed by atoms with E-state index in [1.54, 1.807) is 31.3 Å². The molecule has 0 unspecified atom stereocenters. The Hall–Kier alpha value is -3.10. The molecular formula is C21H28F2N4O3. The van der Waals surface area contributed by atoms with Crippen molar-refractivity contribution in [1.29, 1.82) is 0 Å². The number of hydrogen-bond acceptors (Lipinski definition) is 5. The molecule has 1 aromatic carbocycles. The van der Waals surface area contributed by atoms with Crippen LogP contribution in [0, 0.1) is 0 Å². The number of halogens is 2. The largest absolute Gasteiger partial charge is 0.490 e. The number of ether oxygens (including phenoxy) is 3. The average Bonchev–Trinajstić information content (AvgIpc) is 2.72. The molecule has 0 aliphatic rings. The van der Waals surface area contributed by atoms with Crippen molar-refractivity contribution in [2.75, 3.05) is 19.8 Å². The lowest BCUT2D eigenvalue weighted by Crippen LogP contribution is -2.36. The van der Waals surface area contributed by atoms with Gasteiger partial charge in [-0.1, -0.05) is 12.1 Å². The van der Waals surface area contributed by atoms with Crippen LogP contribution in [0.25, 0.3) is 0 Å². The van der Waals surface area contributed by atoms with Gasteiger partial charge in [-0.15, -0.1) is 0 Å². The number of nitrogens with one attached hydrogen (secondary N) is 2. The molecule has 0 aliphatic heterocycles. The Morgan fingerprint density at radius 3 is 2.60 bits per heavy atom. The van der Waals surface area contributed by atoms with E-state index < -0.39 is 6.61 Å². The van der Waals surface area contributed by atoms with Gasteiger partial charge in [0.15, 0.2) is 17.5 Å². The lowest BCUT2D eigenvalue weighted by atomic mass is 10.2. The minimum absolute atomic E-state index is 0.0215. The van der Waals surface area contributed by atoms with Crippen molar-refractivity contribution in [3.63, 3.8) is 0 Å². The molecule has 1 aromatic heterocycles. The maximum Gasteiger partial charge on any atom is 0.387 e. The van der Waals surface area contributed by atoms with Gasteiger partial charge < -0.3 is 24.8 Å². The van der Waals surface area contributed by atoms with E-state index in [0.717, 1.165) is 5.56 Å². The van der Waals surface area contributed by atoms with Crippen molar-refractivity contribution in [2.24, 2.45) is 4.99 Å². The molecule has 7 nitrogen and oxygen atoms in total. The molecular weight excluding hydrogens is 394 g/mol. The van der Waals surface area contributed by atoms with Gasteiger partial charge in [-0.05, 0) is 38.5 Å². The number of benzene rings is 1. The Kier molecular flexibility index (Phi) is 9.63. The fourth-order valence-corrected chi connectivity index (χ4v) is 2.66. The molecule has 0 radical (unpaired) electrons. The normalized spacial score (nSPS) is 11.3. The summed E-state index contributed by atoms with van der Waals surface area (Å²) in [6, 6.07) is 8.72. The van der Waals surface area contributed by atoms with Crippen molar-refractivity contribution in [3.8, 4) is 17.4 Å². The molecule has 0 aliphatic carbocycles. The van der Waals surface area contributed by atoms with E-state index in [4.69, 9.17) is 14.2 Å². The molecule has 0 spiro atoms. The molecule has 0 saturated heterocycles. The number of aromatic nitrogens is 1. The van der Waals surface area contributed by atoms with E-state index in [1.165, 1.54) is 0 Å². The minimum atomic E-state index is -2.95. The number of nitrogens with zero attached hydrogens (tertiary/aromatic N) is 2. The van der Waals surface area contributed by atoms with Crippen molar-refractivity contribution < 1.29 is 23.0 Å². The average molecular weight is 422 g/mol.